The van der Waals surface area contributed by atoms with Crippen molar-refractivity contribution < 1.29 is 14.3 Å². The summed E-state index contributed by atoms with van der Waals surface area (Å²) in [5.74, 6) is 3.90. The van der Waals surface area contributed by atoms with Gasteiger partial charge in [0.1, 0.15) is 0 Å². The van der Waals surface area contributed by atoms with Crippen LogP contribution < -0.4 is 5.90 Å². The van der Waals surface area contributed by atoms with E-state index in [-0.39, 0.29) is 0 Å². The molecule has 4 nitrogen and oxygen atoms in total. The number of carbonyl (C=O) groups is 1. The minimum absolute atomic E-state index is 0.687. The zero-order chi connectivity index (χ0) is 6.57. The van der Waals surface area contributed by atoms with E-state index in [1.54, 1.807) is 0 Å². The fraction of sp³-hybridized carbons (Fsp3) is 0.667. The summed E-state index contributed by atoms with van der Waals surface area (Å²) in [6.07, 6.45) is -0.792. The number of hydrogen-bond acceptors (Lipinski definition) is 4. The molecule has 0 unspecified atom stereocenters. The van der Waals surface area contributed by atoms with Gasteiger partial charge in [-0.25, -0.2) is 5.90 Å². The Morgan fingerprint density at radius 2 is 2.38 bits per heavy atom. The van der Waals surface area contributed by atoms with E-state index >= 15 is 0 Å². The molecule has 0 aliphatic carbocycles. The van der Waals surface area contributed by atoms with Gasteiger partial charge in [0.2, 0.25) is 0 Å². The van der Waals surface area contributed by atoms with E-state index in [2.05, 4.69) is 23.4 Å². The van der Waals surface area contributed by atoms with Crippen molar-refractivity contribution in [3.63, 3.8) is 0 Å². The first-order valence-electron chi connectivity index (χ1n) is 1.98. The minimum Gasteiger partial charge on any atom is -0.541 e. The molecule has 0 aliphatic rings. The highest BCUT2D eigenvalue weighted by Gasteiger charge is 2.09. The van der Waals surface area contributed by atoms with Crippen LogP contribution in [0.4, 0.5) is 0 Å². The van der Waals surface area contributed by atoms with Gasteiger partial charge in [0.25, 0.3) is 0 Å². The van der Waals surface area contributed by atoms with Gasteiger partial charge in [-0.15, -0.1) is 0 Å². The summed E-state index contributed by atoms with van der Waals surface area (Å²) >= 11 is 0. The molecule has 5 heteroatoms. The van der Waals surface area contributed by atoms with Crippen LogP contribution in [0.25, 0.3) is 0 Å². The van der Waals surface area contributed by atoms with Gasteiger partial charge in [-0.05, 0) is 6.92 Å². The average Bonchev–Trinajstić information content (AvgIpc) is 1.84. The van der Waals surface area contributed by atoms with Gasteiger partial charge in [-0.1, -0.05) is 0 Å². The topological polar surface area (TPSA) is 61.5 Å². The lowest BCUT2D eigenvalue weighted by molar-refractivity contribution is -0.146. The molecule has 2 radical (unpaired) electrons. The first-order valence-corrected chi connectivity index (χ1v) is 1.98. The highest BCUT2D eigenvalue weighted by Crippen LogP contribution is 1.85. The lowest BCUT2D eigenvalue weighted by Crippen LogP contribution is -2.25. The molecule has 0 aromatic rings. The first kappa shape index (κ1) is 7.45. The molecule has 0 saturated carbocycles. The second-order valence-electron chi connectivity index (χ2n) is 1.22. The van der Waals surface area contributed by atoms with Crippen molar-refractivity contribution >= 4 is 14.0 Å². The van der Waals surface area contributed by atoms with Crippen LogP contribution in [-0.4, -0.2) is 20.1 Å². The Hall–Kier alpha value is -0.545. The SMILES string of the molecule is [B]OC(=O)[C@H](C)ON. The molecule has 0 saturated heterocycles. The summed E-state index contributed by atoms with van der Waals surface area (Å²) in [7, 11) is 4.46. The highest BCUT2D eigenvalue weighted by atomic mass is 16.6. The van der Waals surface area contributed by atoms with Crippen molar-refractivity contribution in [1.82, 2.24) is 0 Å². The molecule has 0 aromatic carbocycles. The molecule has 0 aliphatic heterocycles. The maximum absolute atomic E-state index is 10.2. The van der Waals surface area contributed by atoms with Crippen LogP contribution in [0.5, 0.6) is 0 Å². The summed E-state index contributed by atoms with van der Waals surface area (Å²) in [5, 5.41) is 0. The van der Waals surface area contributed by atoms with Gasteiger partial charge < -0.3 is 4.65 Å². The van der Waals surface area contributed by atoms with Crippen molar-refractivity contribution in [1.29, 1.82) is 0 Å². The smallest absolute Gasteiger partial charge is 0.378 e. The Morgan fingerprint density at radius 3 is 2.50 bits per heavy atom. The first-order chi connectivity index (χ1) is 3.72. The summed E-state index contributed by atoms with van der Waals surface area (Å²) < 4.78 is 3.76. The maximum Gasteiger partial charge on any atom is 0.378 e. The molecule has 2 N–H and O–H groups in total. The quantitative estimate of drug-likeness (QED) is 0.366. The molecule has 0 rings (SSSR count). The van der Waals surface area contributed by atoms with Gasteiger partial charge in [0.15, 0.2) is 6.10 Å². The van der Waals surface area contributed by atoms with E-state index in [1.807, 2.05) is 0 Å². The zero-order valence-electron chi connectivity index (χ0n) is 4.46. The van der Waals surface area contributed by atoms with Crippen LogP contribution in [-0.2, 0) is 14.3 Å². The third-order valence-electron chi connectivity index (χ3n) is 0.652. The average molecular weight is 115 g/mol. The number of nitrogens with two attached hydrogens (primary N) is 1. The Balaban J connectivity index is 3.46. The Bertz CT molecular complexity index is 86.6. The number of carbonyl (C=O) groups excluding carboxylic acids is 1. The Kier molecular flexibility index (Phi) is 3.22. The van der Waals surface area contributed by atoms with Gasteiger partial charge in [-0.2, -0.15) is 0 Å². The lowest BCUT2D eigenvalue weighted by Gasteiger charge is -2.03. The molecule has 0 amide bonds. The fourth-order valence-electron chi connectivity index (χ4n) is 0.151. The number of hydrogen-bond donors (Lipinski definition) is 1. The van der Waals surface area contributed by atoms with E-state index in [0.717, 1.165) is 0 Å². The van der Waals surface area contributed by atoms with E-state index < -0.39 is 12.1 Å². The molecular formula is C3H6BNO3. The van der Waals surface area contributed by atoms with Crippen LogP contribution in [0.2, 0.25) is 0 Å². The van der Waals surface area contributed by atoms with Crippen molar-refractivity contribution in [3.8, 4) is 0 Å². The second kappa shape index (κ2) is 3.46. The molecule has 0 aromatic heterocycles. The molecule has 8 heavy (non-hydrogen) atoms. The fourth-order valence-corrected chi connectivity index (χ4v) is 0.151. The molecule has 0 heterocycles. The highest BCUT2D eigenvalue weighted by molar-refractivity contribution is 6.06. The second-order valence-corrected chi connectivity index (χ2v) is 1.22. The predicted octanol–water partition coefficient (Wildman–Crippen LogP) is -1.11. The van der Waals surface area contributed by atoms with Gasteiger partial charge >= 0.3 is 14.0 Å². The van der Waals surface area contributed by atoms with Crippen LogP contribution in [0.1, 0.15) is 6.92 Å². The molecule has 0 fully saturated rings. The summed E-state index contributed by atoms with van der Waals surface area (Å²) in [6.45, 7) is 1.43. The van der Waals surface area contributed by atoms with Crippen molar-refractivity contribution in [2.24, 2.45) is 5.90 Å². The van der Waals surface area contributed by atoms with Crippen LogP contribution in [0.15, 0.2) is 0 Å². The number of rotatable bonds is 2. The molecule has 1 atom stereocenters. The Labute approximate surface area is 48.3 Å². The predicted molar refractivity (Wildman–Crippen MR) is 26.6 cm³/mol. The minimum atomic E-state index is -0.792. The maximum atomic E-state index is 10.2. The molecular weight excluding hydrogens is 109 g/mol. The standard InChI is InChI=1S/C3H6BNO3/c1-2(8-5)3(6)7-4/h2H,5H2,1H3/t2-/m0/s1. The summed E-state index contributed by atoms with van der Waals surface area (Å²) in [4.78, 5) is 14.2. The van der Waals surface area contributed by atoms with Crippen LogP contribution in [0, 0.1) is 0 Å². The normalized spacial score (nSPS) is 12.8. The van der Waals surface area contributed by atoms with Crippen molar-refractivity contribution in [2.75, 3.05) is 0 Å². The lowest BCUT2D eigenvalue weighted by atomic mass is 10.4. The molecule has 0 spiro atoms. The third-order valence-corrected chi connectivity index (χ3v) is 0.652. The van der Waals surface area contributed by atoms with Gasteiger partial charge in [-0.3, -0.25) is 9.63 Å². The van der Waals surface area contributed by atoms with E-state index in [9.17, 15) is 4.79 Å². The third kappa shape index (κ3) is 1.95. The zero-order valence-corrected chi connectivity index (χ0v) is 4.46. The Morgan fingerprint density at radius 1 is 1.88 bits per heavy atom. The molecule has 0 bridgehead atoms. The van der Waals surface area contributed by atoms with Crippen molar-refractivity contribution in [2.45, 2.75) is 13.0 Å². The van der Waals surface area contributed by atoms with Crippen LogP contribution in [0.3, 0.4) is 0 Å². The van der Waals surface area contributed by atoms with Gasteiger partial charge in [0, 0.05) is 0 Å². The van der Waals surface area contributed by atoms with E-state index in [1.165, 1.54) is 6.92 Å². The summed E-state index contributed by atoms with van der Waals surface area (Å²) in [6, 6.07) is 0. The van der Waals surface area contributed by atoms with E-state index in [0.29, 0.717) is 0 Å². The van der Waals surface area contributed by atoms with Crippen molar-refractivity contribution in [3.05, 3.63) is 0 Å². The van der Waals surface area contributed by atoms with Crippen LogP contribution >= 0.6 is 0 Å². The monoisotopic (exact) mass is 115 g/mol. The van der Waals surface area contributed by atoms with E-state index in [4.69, 9.17) is 0 Å². The summed E-state index contributed by atoms with van der Waals surface area (Å²) in [5.41, 5.74) is 0. The largest absolute Gasteiger partial charge is 0.541 e. The molecule has 44 valence electrons. The van der Waals surface area contributed by atoms with Gasteiger partial charge in [0.05, 0.1) is 0 Å².